The highest BCUT2D eigenvalue weighted by atomic mass is 32.2. The fourth-order valence-corrected chi connectivity index (χ4v) is 10.2. The molecule has 0 saturated carbocycles. The molecule has 3 N–H and O–H groups in total. The van der Waals surface area contributed by atoms with Crippen molar-refractivity contribution in [3.05, 3.63) is 117 Å². The van der Waals surface area contributed by atoms with Crippen molar-refractivity contribution in [2.75, 3.05) is 82.1 Å². The summed E-state index contributed by atoms with van der Waals surface area (Å²) in [7, 11) is 2.43. The monoisotopic (exact) mass is 1060 g/mol. The molecule has 0 atom stereocenters. The molecule has 0 radical (unpaired) electrons. The van der Waals surface area contributed by atoms with Crippen molar-refractivity contribution in [3.63, 3.8) is 0 Å². The van der Waals surface area contributed by atoms with Gasteiger partial charge in [-0.1, -0.05) is 48.5 Å². The number of nitrogens with one attached hydrogen (secondary N) is 3. The molecule has 4 aromatic carbocycles. The summed E-state index contributed by atoms with van der Waals surface area (Å²) in [5, 5.41) is 10.1. The van der Waals surface area contributed by atoms with Crippen LogP contribution in [-0.4, -0.2) is 136 Å². The number of aryl methyl sites for hydroxylation is 4. The minimum Gasteiger partial charge on any atom is -0.497 e. The van der Waals surface area contributed by atoms with Crippen molar-refractivity contribution >= 4 is 32.4 Å². The van der Waals surface area contributed by atoms with E-state index in [1.54, 1.807) is 71.0 Å². The topological polar surface area (TPSA) is 194 Å². The van der Waals surface area contributed by atoms with E-state index in [9.17, 15) is 26.4 Å². The first-order valence-electron chi connectivity index (χ1n) is 24.1. The highest BCUT2D eigenvalue weighted by Gasteiger charge is 2.27. The number of rotatable bonds is 25. The number of nitrogens with zero attached hydrogens (tertiary/aromatic N) is 3. The SMILES string of the molecule is CNCc1ccc(CNC(C)(C)C)cc1.COc1cc(C)c(S(=O)(=O)N(C)CCOCC(=O)N(C)Cc2ccc(CNC(C)(C)C)cc2)c(C)c1.COc1cc(C)c(S(=O)(=O)N(C)CCOCOC=O)c(C)c1. The molecule has 0 aromatic heterocycles. The highest BCUT2D eigenvalue weighted by molar-refractivity contribution is 7.89. The van der Waals surface area contributed by atoms with Gasteiger partial charge in [-0.3, -0.25) is 9.59 Å². The Morgan fingerprint density at radius 2 is 0.945 bits per heavy atom. The molecule has 4 rings (SSSR count). The van der Waals surface area contributed by atoms with Crippen LogP contribution in [0.25, 0.3) is 0 Å². The number of amides is 1. The maximum atomic E-state index is 13.1. The third kappa shape index (κ3) is 22.6. The normalized spacial score (nSPS) is 11.9. The smallest absolute Gasteiger partial charge is 0.295 e. The number of hydrogen-bond donors (Lipinski definition) is 3. The van der Waals surface area contributed by atoms with Gasteiger partial charge >= 0.3 is 0 Å². The highest BCUT2D eigenvalue weighted by Crippen LogP contribution is 2.29. The molecule has 0 heterocycles. The Morgan fingerprint density at radius 3 is 1.29 bits per heavy atom. The first kappa shape index (κ1) is 64.2. The predicted octanol–water partition coefficient (Wildman–Crippen LogP) is 6.87. The van der Waals surface area contributed by atoms with Crippen LogP contribution >= 0.6 is 0 Å². The van der Waals surface area contributed by atoms with E-state index < -0.39 is 20.0 Å². The van der Waals surface area contributed by atoms with E-state index in [1.807, 2.05) is 19.2 Å². The fourth-order valence-electron chi connectivity index (χ4n) is 7.05. The van der Waals surface area contributed by atoms with Crippen molar-refractivity contribution in [2.24, 2.45) is 0 Å². The Morgan fingerprint density at radius 1 is 0.589 bits per heavy atom. The van der Waals surface area contributed by atoms with Crippen LogP contribution in [0.1, 0.15) is 86.1 Å². The minimum atomic E-state index is -3.70. The van der Waals surface area contributed by atoms with E-state index in [-0.39, 0.29) is 73.0 Å². The number of hydrogen-bond acceptors (Lipinski definition) is 14. The van der Waals surface area contributed by atoms with Crippen molar-refractivity contribution < 1.29 is 50.1 Å². The molecule has 0 aliphatic heterocycles. The standard InChI is InChI=1S/C27H41N3O5S.C14H21NO6S.C13H22N2/c1-20-15-24(34-8)16-21(2)26(20)36(32,33)30(7)13-14-35-19-25(31)29(6)18-23-11-9-22(10-12-23)17-28-27(3,4)5;1-11-7-13(19-4)8-12(2)14(11)22(17,18)15(3)5-6-20-10-21-9-16;1-13(2,3)15-10-12-7-5-11(6-8-12)9-14-4/h9-12,15-16,28H,13-14,17-19H2,1-8H3;7-9H,5-6,10H2,1-4H3;5-8,14-15H,9-10H2,1-4H3. The number of carbonyl (C=O) groups excluding carboxylic acids is 2. The number of sulfonamides is 2. The molecule has 0 spiro atoms. The maximum Gasteiger partial charge on any atom is 0.295 e. The number of carbonyl (C=O) groups is 2. The second kappa shape index (κ2) is 30.4. The predicted molar refractivity (Wildman–Crippen MR) is 289 cm³/mol. The summed E-state index contributed by atoms with van der Waals surface area (Å²) in [6, 6.07) is 23.7. The summed E-state index contributed by atoms with van der Waals surface area (Å²) in [5.41, 5.74) is 7.60. The quantitative estimate of drug-likeness (QED) is 0.0354. The molecule has 0 aliphatic carbocycles. The molecule has 0 bridgehead atoms. The van der Waals surface area contributed by atoms with Gasteiger partial charge in [-0.25, -0.2) is 16.8 Å². The van der Waals surface area contributed by atoms with Gasteiger partial charge in [0, 0.05) is 71.5 Å². The molecular weight excluding hydrogens is 973 g/mol. The van der Waals surface area contributed by atoms with Gasteiger partial charge in [-0.05, 0) is 145 Å². The van der Waals surface area contributed by atoms with Crippen LogP contribution in [0.4, 0.5) is 0 Å². The van der Waals surface area contributed by atoms with Crippen molar-refractivity contribution in [2.45, 2.75) is 116 Å². The molecular formula is C54H84N6O11S2. The van der Waals surface area contributed by atoms with Gasteiger partial charge < -0.3 is 44.5 Å². The van der Waals surface area contributed by atoms with Crippen LogP contribution in [0.15, 0.2) is 82.6 Å². The van der Waals surface area contributed by atoms with Crippen LogP contribution in [0.3, 0.4) is 0 Å². The van der Waals surface area contributed by atoms with Gasteiger partial charge in [0.2, 0.25) is 26.0 Å². The van der Waals surface area contributed by atoms with Gasteiger partial charge in [0.15, 0.2) is 6.79 Å². The zero-order valence-corrected chi connectivity index (χ0v) is 47.9. The zero-order chi connectivity index (χ0) is 55.2. The Kier molecular flexibility index (Phi) is 26.7. The lowest BCUT2D eigenvalue weighted by atomic mass is 10.1. The summed E-state index contributed by atoms with van der Waals surface area (Å²) < 4.78 is 79.1. The van der Waals surface area contributed by atoms with E-state index in [0.717, 1.165) is 25.2 Å². The van der Waals surface area contributed by atoms with Gasteiger partial charge in [0.1, 0.15) is 18.1 Å². The summed E-state index contributed by atoms with van der Waals surface area (Å²) in [6.07, 6.45) is 0. The largest absolute Gasteiger partial charge is 0.497 e. The summed E-state index contributed by atoms with van der Waals surface area (Å²) in [4.78, 5) is 24.6. The molecule has 0 unspecified atom stereocenters. The van der Waals surface area contributed by atoms with Gasteiger partial charge in [-0.15, -0.1) is 0 Å². The van der Waals surface area contributed by atoms with Crippen LogP contribution in [-0.2, 0) is 70.0 Å². The Labute approximate surface area is 437 Å². The van der Waals surface area contributed by atoms with E-state index in [2.05, 4.69) is 98.6 Å². The summed E-state index contributed by atoms with van der Waals surface area (Å²) in [5.74, 6) is 1.07. The van der Waals surface area contributed by atoms with Crippen LogP contribution < -0.4 is 25.4 Å². The Balaban J connectivity index is 0.000000417. The molecule has 408 valence electrons. The number of benzene rings is 4. The molecule has 4 aromatic rings. The van der Waals surface area contributed by atoms with Crippen LogP contribution in [0, 0.1) is 27.7 Å². The second-order valence-electron chi connectivity index (χ2n) is 19.8. The Hall–Kier alpha value is -4.96. The zero-order valence-electron chi connectivity index (χ0n) is 46.2. The molecule has 0 fully saturated rings. The van der Waals surface area contributed by atoms with E-state index >= 15 is 0 Å². The third-order valence-electron chi connectivity index (χ3n) is 11.1. The lowest BCUT2D eigenvalue weighted by molar-refractivity contribution is -0.140. The lowest BCUT2D eigenvalue weighted by Gasteiger charge is -2.21. The fraction of sp³-hybridized carbons (Fsp3) is 0.519. The molecule has 19 heteroatoms. The molecule has 0 aliphatic rings. The number of ether oxygens (including phenoxy) is 5. The summed E-state index contributed by atoms with van der Waals surface area (Å²) in [6.45, 7) is 23.5. The lowest BCUT2D eigenvalue weighted by Crippen LogP contribution is -2.35. The summed E-state index contributed by atoms with van der Waals surface area (Å²) >= 11 is 0. The van der Waals surface area contributed by atoms with E-state index in [1.165, 1.54) is 46.5 Å². The van der Waals surface area contributed by atoms with E-state index in [4.69, 9.17) is 18.9 Å². The average Bonchev–Trinajstić information content (AvgIpc) is 3.31. The average molecular weight is 1060 g/mol. The van der Waals surface area contributed by atoms with Gasteiger partial charge in [-0.2, -0.15) is 8.61 Å². The molecule has 0 saturated heterocycles. The van der Waals surface area contributed by atoms with Crippen molar-refractivity contribution in [1.82, 2.24) is 29.5 Å². The maximum absolute atomic E-state index is 13.1. The van der Waals surface area contributed by atoms with Crippen molar-refractivity contribution in [3.8, 4) is 11.5 Å². The molecule has 17 nitrogen and oxygen atoms in total. The number of methoxy groups -OCH3 is 2. The molecule has 73 heavy (non-hydrogen) atoms. The number of likely N-dealkylation sites (N-methyl/N-ethyl adjacent to an activating group) is 3. The van der Waals surface area contributed by atoms with Crippen LogP contribution in [0.2, 0.25) is 0 Å². The van der Waals surface area contributed by atoms with Gasteiger partial charge in [0.25, 0.3) is 6.47 Å². The first-order valence-corrected chi connectivity index (χ1v) is 27.0. The Bertz CT molecular complexity index is 2500. The van der Waals surface area contributed by atoms with Crippen molar-refractivity contribution in [1.29, 1.82) is 0 Å². The van der Waals surface area contributed by atoms with Crippen LogP contribution in [0.5, 0.6) is 11.5 Å². The minimum absolute atomic E-state index is 0.0534. The molecule has 1 amide bonds. The third-order valence-corrected chi connectivity index (χ3v) is 15.5. The second-order valence-corrected chi connectivity index (χ2v) is 23.8. The van der Waals surface area contributed by atoms with E-state index in [0.29, 0.717) is 40.3 Å². The first-order chi connectivity index (χ1) is 34.1. The van der Waals surface area contributed by atoms with Gasteiger partial charge in [0.05, 0.1) is 37.2 Å².